The molecule has 41 heavy (non-hydrogen) atoms. The molecule has 0 unspecified atom stereocenters. The van der Waals surface area contributed by atoms with Crippen molar-refractivity contribution in [2.75, 3.05) is 49.8 Å². The van der Waals surface area contributed by atoms with E-state index in [9.17, 15) is 18.0 Å². The van der Waals surface area contributed by atoms with E-state index in [1.165, 1.54) is 6.33 Å². The van der Waals surface area contributed by atoms with Gasteiger partial charge in [0.2, 0.25) is 5.95 Å². The molecule has 0 saturated carbocycles. The molecule has 0 aliphatic carbocycles. The van der Waals surface area contributed by atoms with Crippen molar-refractivity contribution in [3.05, 3.63) is 71.9 Å². The summed E-state index contributed by atoms with van der Waals surface area (Å²) >= 11 is 0. The Labute approximate surface area is 236 Å². The fraction of sp³-hybridized carbons (Fsp3) is 0.321. The molecule has 0 aliphatic rings. The summed E-state index contributed by atoms with van der Waals surface area (Å²) in [5, 5.41) is 9.08. The van der Waals surface area contributed by atoms with Gasteiger partial charge in [0.05, 0.1) is 18.9 Å². The van der Waals surface area contributed by atoms with E-state index in [-0.39, 0.29) is 5.57 Å². The smallest absolute Gasteiger partial charge is 0.415 e. The first-order valence-corrected chi connectivity index (χ1v) is 12.7. The normalized spacial score (nSPS) is 12.3. The highest BCUT2D eigenvalue weighted by atomic mass is 19.4. The number of carbonyl (C=O) groups is 1. The predicted molar refractivity (Wildman–Crippen MR) is 154 cm³/mol. The molecule has 0 aliphatic heterocycles. The van der Waals surface area contributed by atoms with E-state index in [1.54, 1.807) is 24.4 Å². The topological polar surface area (TPSA) is 117 Å². The maximum atomic E-state index is 13.0. The van der Waals surface area contributed by atoms with E-state index >= 15 is 0 Å². The zero-order valence-electron chi connectivity index (χ0n) is 23.6. The van der Waals surface area contributed by atoms with Crippen LogP contribution < -0.4 is 20.9 Å². The monoisotopic (exact) mass is 570 g/mol. The fourth-order valence-corrected chi connectivity index (χ4v) is 3.62. The van der Waals surface area contributed by atoms with Gasteiger partial charge in [-0.05, 0) is 63.7 Å². The standard InChI is InChI=1S/C28H33F3N8O2/c1-17-8-10-20(36-26(40)18(2)9-11-23(41-6)19(3)28(29,30)31)14-21(17)37-25-24-22(34-16-35-25)15-33-27(38-24)39(5)13-7-12-32-4/h8-11,14-16,32H,2,7,12-13H2,1,3-6H3,(H,36,40)(H,34,35,37)/b11-9-,23-19-. The summed E-state index contributed by atoms with van der Waals surface area (Å²) in [6.45, 7) is 8.06. The minimum Gasteiger partial charge on any atom is -0.496 e. The second-order valence-electron chi connectivity index (χ2n) is 9.16. The molecule has 0 saturated heterocycles. The number of nitrogens with zero attached hydrogens (tertiary/aromatic N) is 5. The fourth-order valence-electron chi connectivity index (χ4n) is 3.62. The maximum absolute atomic E-state index is 13.0. The Balaban J connectivity index is 1.80. The second kappa shape index (κ2) is 13.7. The van der Waals surface area contributed by atoms with Gasteiger partial charge in [0, 0.05) is 30.5 Å². The summed E-state index contributed by atoms with van der Waals surface area (Å²) in [4.78, 5) is 32.4. The van der Waals surface area contributed by atoms with E-state index in [0.29, 0.717) is 34.2 Å². The van der Waals surface area contributed by atoms with E-state index in [1.807, 2.05) is 25.9 Å². The summed E-state index contributed by atoms with van der Waals surface area (Å²) in [6, 6.07) is 5.20. The summed E-state index contributed by atoms with van der Waals surface area (Å²) < 4.78 is 43.8. The third kappa shape index (κ3) is 8.24. The number of aromatic nitrogens is 4. The van der Waals surface area contributed by atoms with Crippen LogP contribution >= 0.6 is 0 Å². The van der Waals surface area contributed by atoms with Crippen molar-refractivity contribution in [1.29, 1.82) is 0 Å². The van der Waals surface area contributed by atoms with Crippen molar-refractivity contribution in [2.24, 2.45) is 0 Å². The van der Waals surface area contributed by atoms with Gasteiger partial charge in [0.15, 0.2) is 5.82 Å². The molecule has 10 nitrogen and oxygen atoms in total. The summed E-state index contributed by atoms with van der Waals surface area (Å²) in [5.41, 5.74) is 2.06. The van der Waals surface area contributed by atoms with Crippen molar-refractivity contribution >= 4 is 40.1 Å². The highest BCUT2D eigenvalue weighted by molar-refractivity contribution is 6.05. The number of aryl methyl sites for hydroxylation is 1. The number of methoxy groups -OCH3 is 1. The van der Waals surface area contributed by atoms with Gasteiger partial charge < -0.3 is 25.6 Å². The number of carbonyl (C=O) groups excluding carboxylic acids is 1. The number of ether oxygens (including phenoxy) is 1. The third-order valence-electron chi connectivity index (χ3n) is 6.12. The molecular formula is C28H33F3N8O2. The van der Waals surface area contributed by atoms with Gasteiger partial charge in [-0.3, -0.25) is 4.79 Å². The average molecular weight is 571 g/mol. The highest BCUT2D eigenvalue weighted by Crippen LogP contribution is 2.29. The van der Waals surface area contributed by atoms with Crippen LogP contribution in [0.4, 0.5) is 36.3 Å². The largest absolute Gasteiger partial charge is 0.496 e. The zero-order chi connectivity index (χ0) is 30.2. The van der Waals surface area contributed by atoms with Gasteiger partial charge in [-0.15, -0.1) is 0 Å². The highest BCUT2D eigenvalue weighted by Gasteiger charge is 2.33. The first-order chi connectivity index (χ1) is 19.4. The van der Waals surface area contributed by atoms with Crippen molar-refractivity contribution < 1.29 is 22.7 Å². The molecule has 218 valence electrons. The lowest BCUT2D eigenvalue weighted by Crippen LogP contribution is -2.24. The quantitative estimate of drug-likeness (QED) is 0.119. The first-order valence-electron chi connectivity index (χ1n) is 12.7. The van der Waals surface area contributed by atoms with Crippen molar-refractivity contribution in [3.63, 3.8) is 0 Å². The van der Waals surface area contributed by atoms with Gasteiger partial charge in [-0.25, -0.2) is 19.9 Å². The van der Waals surface area contributed by atoms with E-state index < -0.39 is 23.4 Å². The Morgan fingerprint density at radius 3 is 2.63 bits per heavy atom. The van der Waals surface area contributed by atoms with Crippen LogP contribution in [0.1, 0.15) is 18.9 Å². The lowest BCUT2D eigenvalue weighted by Gasteiger charge is -2.17. The van der Waals surface area contributed by atoms with Crippen LogP contribution in [0.25, 0.3) is 11.0 Å². The molecule has 13 heteroatoms. The molecule has 3 rings (SSSR count). The number of hydrogen-bond donors (Lipinski definition) is 3. The number of halogens is 3. The molecule has 0 radical (unpaired) electrons. The third-order valence-corrected chi connectivity index (χ3v) is 6.12. The minimum atomic E-state index is -4.56. The Kier molecular flexibility index (Phi) is 10.4. The molecule has 2 aromatic heterocycles. The van der Waals surface area contributed by atoms with Crippen LogP contribution in [0.15, 0.2) is 66.4 Å². The van der Waals surface area contributed by atoms with Crippen LogP contribution in [-0.2, 0) is 9.53 Å². The van der Waals surface area contributed by atoms with Gasteiger partial charge in [-0.1, -0.05) is 12.6 Å². The molecule has 1 amide bonds. The van der Waals surface area contributed by atoms with E-state index in [2.05, 4.69) is 42.5 Å². The lowest BCUT2D eigenvalue weighted by molar-refractivity contribution is -0.112. The Morgan fingerprint density at radius 1 is 1.20 bits per heavy atom. The van der Waals surface area contributed by atoms with Gasteiger partial charge in [0.1, 0.15) is 23.1 Å². The van der Waals surface area contributed by atoms with Crippen LogP contribution in [0.3, 0.4) is 0 Å². The number of benzene rings is 1. The van der Waals surface area contributed by atoms with Crippen molar-refractivity contribution in [1.82, 2.24) is 25.3 Å². The first kappa shape index (κ1) is 31.0. The molecule has 0 fully saturated rings. The molecule has 0 atom stereocenters. The second-order valence-corrected chi connectivity index (χ2v) is 9.16. The summed E-state index contributed by atoms with van der Waals surface area (Å²) in [6.07, 6.45) is 1.63. The van der Waals surface area contributed by atoms with Crippen molar-refractivity contribution in [2.45, 2.75) is 26.4 Å². The summed E-state index contributed by atoms with van der Waals surface area (Å²) in [7, 11) is 4.93. The number of nitrogens with one attached hydrogen (secondary N) is 3. The van der Waals surface area contributed by atoms with Gasteiger partial charge in [-0.2, -0.15) is 13.2 Å². The Hall–Kier alpha value is -4.52. The molecule has 2 heterocycles. The number of rotatable bonds is 12. The predicted octanol–water partition coefficient (Wildman–Crippen LogP) is 5.05. The average Bonchev–Trinajstić information content (AvgIpc) is 2.94. The van der Waals surface area contributed by atoms with Crippen LogP contribution in [-0.4, -0.2) is 66.3 Å². The van der Waals surface area contributed by atoms with E-state index in [4.69, 9.17) is 4.74 Å². The molecule has 3 N–H and O–H groups in total. The lowest BCUT2D eigenvalue weighted by atomic mass is 10.1. The molecule has 3 aromatic rings. The number of allylic oxidation sites excluding steroid dienone is 2. The summed E-state index contributed by atoms with van der Waals surface area (Å²) in [5.74, 6) is -0.0170. The van der Waals surface area contributed by atoms with Crippen LogP contribution in [0.5, 0.6) is 0 Å². The molecule has 1 aromatic carbocycles. The van der Waals surface area contributed by atoms with Crippen LogP contribution in [0.2, 0.25) is 0 Å². The van der Waals surface area contributed by atoms with Gasteiger partial charge >= 0.3 is 6.18 Å². The molecule has 0 spiro atoms. The SMILES string of the molecule is C=C(/C=C\C(OC)=C(/C)C(F)(F)F)C(=O)Nc1ccc(C)c(Nc2ncnc3cnc(N(C)CCCNC)nc23)c1. The number of hydrogen-bond acceptors (Lipinski definition) is 9. The Morgan fingerprint density at radius 2 is 1.95 bits per heavy atom. The number of anilines is 4. The van der Waals surface area contributed by atoms with E-state index in [0.717, 1.165) is 51.3 Å². The van der Waals surface area contributed by atoms with Gasteiger partial charge in [0.25, 0.3) is 5.91 Å². The van der Waals surface area contributed by atoms with Crippen LogP contribution in [0, 0.1) is 6.92 Å². The zero-order valence-corrected chi connectivity index (χ0v) is 23.6. The Bertz CT molecular complexity index is 1470. The molecule has 0 bridgehead atoms. The number of amides is 1. The molecular weight excluding hydrogens is 537 g/mol. The minimum absolute atomic E-state index is 0.0607. The number of alkyl halides is 3. The van der Waals surface area contributed by atoms with Crippen molar-refractivity contribution in [3.8, 4) is 0 Å². The maximum Gasteiger partial charge on any atom is 0.415 e. The number of fused-ring (bicyclic) bond motifs is 1.